The largest absolute Gasteiger partial charge is 0.352 e. The number of benzene rings is 2. The predicted molar refractivity (Wildman–Crippen MR) is 124 cm³/mol. The molecule has 6 heteroatoms. The van der Waals surface area contributed by atoms with Gasteiger partial charge in [-0.1, -0.05) is 71.1 Å². The Morgan fingerprint density at radius 1 is 1.10 bits per heavy atom. The van der Waals surface area contributed by atoms with Crippen molar-refractivity contribution < 1.29 is 9.59 Å². The Bertz CT molecular complexity index is 866. The molecule has 3 rings (SSSR count). The maximum atomic E-state index is 13.2. The molecule has 0 aromatic heterocycles. The summed E-state index contributed by atoms with van der Waals surface area (Å²) in [5, 5.41) is 3.76. The molecule has 1 atom stereocenters. The van der Waals surface area contributed by atoms with Crippen molar-refractivity contribution in [2.45, 2.75) is 64.1 Å². The Balaban J connectivity index is 1.75. The van der Waals surface area contributed by atoms with Gasteiger partial charge in [-0.3, -0.25) is 9.59 Å². The molecule has 1 aliphatic carbocycles. The van der Waals surface area contributed by atoms with Crippen molar-refractivity contribution in [3.05, 3.63) is 69.2 Å². The summed E-state index contributed by atoms with van der Waals surface area (Å²) in [5.74, 6) is -0.176. The van der Waals surface area contributed by atoms with Gasteiger partial charge in [0.25, 0.3) is 0 Å². The maximum Gasteiger partial charge on any atom is 0.242 e. The third kappa shape index (κ3) is 6.58. The zero-order valence-electron chi connectivity index (χ0n) is 17.2. The summed E-state index contributed by atoms with van der Waals surface area (Å²) in [7, 11) is 0. The van der Waals surface area contributed by atoms with E-state index in [1.165, 1.54) is 6.42 Å². The summed E-state index contributed by atoms with van der Waals surface area (Å²) >= 11 is 9.52. The standard InChI is InChI=1S/C24H28BrClN2O2/c1-17(24(30)27-22-8-3-2-4-9-22)28(16-18-10-12-20(25)13-11-18)23(29)15-19-6-5-7-21(26)14-19/h5-7,10-14,17,22H,2-4,8-9,15-16H2,1H3,(H,27,30). The lowest BCUT2D eigenvalue weighted by atomic mass is 9.95. The van der Waals surface area contributed by atoms with Gasteiger partial charge in [-0.25, -0.2) is 0 Å². The molecule has 30 heavy (non-hydrogen) atoms. The number of amides is 2. The van der Waals surface area contributed by atoms with Gasteiger partial charge >= 0.3 is 0 Å². The minimum atomic E-state index is -0.553. The molecule has 1 aliphatic rings. The third-order valence-electron chi connectivity index (χ3n) is 5.63. The van der Waals surface area contributed by atoms with Gasteiger partial charge in [0, 0.05) is 22.1 Å². The second-order valence-electron chi connectivity index (χ2n) is 7.97. The summed E-state index contributed by atoms with van der Waals surface area (Å²) < 4.78 is 0.978. The molecule has 0 spiro atoms. The second-order valence-corrected chi connectivity index (χ2v) is 9.33. The van der Waals surface area contributed by atoms with Crippen molar-refractivity contribution in [2.24, 2.45) is 0 Å². The zero-order chi connectivity index (χ0) is 21.5. The van der Waals surface area contributed by atoms with Crippen molar-refractivity contribution in [3.8, 4) is 0 Å². The van der Waals surface area contributed by atoms with Gasteiger partial charge in [0.05, 0.1) is 6.42 Å². The molecule has 2 aromatic carbocycles. The van der Waals surface area contributed by atoms with E-state index >= 15 is 0 Å². The van der Waals surface area contributed by atoms with E-state index in [0.29, 0.717) is 11.6 Å². The summed E-state index contributed by atoms with van der Waals surface area (Å²) in [6.45, 7) is 2.19. The van der Waals surface area contributed by atoms with Crippen molar-refractivity contribution in [1.29, 1.82) is 0 Å². The van der Waals surface area contributed by atoms with Crippen molar-refractivity contribution in [3.63, 3.8) is 0 Å². The minimum Gasteiger partial charge on any atom is -0.352 e. The van der Waals surface area contributed by atoms with E-state index in [1.807, 2.05) is 43.3 Å². The molecular weight excluding hydrogens is 464 g/mol. The highest BCUT2D eigenvalue weighted by atomic mass is 79.9. The Morgan fingerprint density at radius 3 is 2.47 bits per heavy atom. The summed E-state index contributed by atoms with van der Waals surface area (Å²) in [4.78, 5) is 27.9. The average Bonchev–Trinajstić information content (AvgIpc) is 2.73. The highest BCUT2D eigenvalue weighted by molar-refractivity contribution is 9.10. The lowest BCUT2D eigenvalue weighted by Crippen LogP contribution is -2.50. The molecule has 1 N–H and O–H groups in total. The SMILES string of the molecule is CC(C(=O)NC1CCCCC1)N(Cc1ccc(Br)cc1)C(=O)Cc1cccc(Cl)c1. The van der Waals surface area contributed by atoms with Crippen LogP contribution in [0.15, 0.2) is 53.0 Å². The number of carbonyl (C=O) groups is 2. The van der Waals surface area contributed by atoms with Gasteiger partial charge in [0.2, 0.25) is 11.8 Å². The zero-order valence-corrected chi connectivity index (χ0v) is 19.6. The van der Waals surface area contributed by atoms with E-state index in [1.54, 1.807) is 17.0 Å². The summed E-state index contributed by atoms with van der Waals surface area (Å²) in [6.07, 6.45) is 5.77. The van der Waals surface area contributed by atoms with E-state index in [0.717, 1.165) is 41.3 Å². The van der Waals surface area contributed by atoms with E-state index in [4.69, 9.17) is 11.6 Å². The molecule has 4 nitrogen and oxygen atoms in total. The Hall–Kier alpha value is -1.85. The number of nitrogens with zero attached hydrogens (tertiary/aromatic N) is 1. The molecule has 1 unspecified atom stereocenters. The van der Waals surface area contributed by atoms with Gasteiger partial charge in [-0.05, 0) is 55.2 Å². The molecule has 0 heterocycles. The van der Waals surface area contributed by atoms with Gasteiger partial charge in [0.15, 0.2) is 0 Å². The molecule has 0 bridgehead atoms. The third-order valence-corrected chi connectivity index (χ3v) is 6.39. The molecule has 2 amide bonds. The minimum absolute atomic E-state index is 0.0848. The number of carbonyl (C=O) groups excluding carboxylic acids is 2. The van der Waals surface area contributed by atoms with Crippen LogP contribution in [0.2, 0.25) is 5.02 Å². The molecule has 0 radical (unpaired) electrons. The van der Waals surface area contributed by atoms with Crippen LogP contribution in [-0.4, -0.2) is 28.8 Å². The fourth-order valence-electron chi connectivity index (χ4n) is 3.86. The highest BCUT2D eigenvalue weighted by Gasteiger charge is 2.28. The van der Waals surface area contributed by atoms with Crippen LogP contribution >= 0.6 is 27.5 Å². The predicted octanol–water partition coefficient (Wildman–Crippen LogP) is 5.51. The quantitative estimate of drug-likeness (QED) is 0.555. The van der Waals surface area contributed by atoms with Crippen LogP contribution in [0.3, 0.4) is 0 Å². The van der Waals surface area contributed by atoms with E-state index in [-0.39, 0.29) is 24.3 Å². The molecule has 1 fully saturated rings. The lowest BCUT2D eigenvalue weighted by molar-refractivity contribution is -0.140. The van der Waals surface area contributed by atoms with Crippen molar-refractivity contribution in [2.75, 3.05) is 0 Å². The van der Waals surface area contributed by atoms with E-state index in [2.05, 4.69) is 21.2 Å². The first-order valence-electron chi connectivity index (χ1n) is 10.5. The van der Waals surface area contributed by atoms with Gasteiger partial charge in [-0.2, -0.15) is 0 Å². The first kappa shape index (κ1) is 22.8. The Kier molecular flexibility index (Phi) is 8.34. The average molecular weight is 492 g/mol. The first-order valence-corrected chi connectivity index (χ1v) is 11.7. The number of hydrogen-bond donors (Lipinski definition) is 1. The van der Waals surface area contributed by atoms with Crippen LogP contribution in [0.1, 0.15) is 50.2 Å². The lowest BCUT2D eigenvalue weighted by Gasteiger charge is -2.31. The normalized spacial score (nSPS) is 15.4. The van der Waals surface area contributed by atoms with Crippen LogP contribution in [-0.2, 0) is 22.6 Å². The van der Waals surface area contributed by atoms with Crippen LogP contribution in [0.4, 0.5) is 0 Å². The molecule has 2 aromatic rings. The number of rotatable bonds is 7. The second kappa shape index (κ2) is 11.0. The molecule has 0 saturated heterocycles. The highest BCUT2D eigenvalue weighted by Crippen LogP contribution is 2.20. The van der Waals surface area contributed by atoms with Gasteiger partial charge < -0.3 is 10.2 Å². The monoisotopic (exact) mass is 490 g/mol. The smallest absolute Gasteiger partial charge is 0.242 e. The van der Waals surface area contributed by atoms with Crippen LogP contribution in [0, 0.1) is 0 Å². The summed E-state index contributed by atoms with van der Waals surface area (Å²) in [6, 6.07) is 14.8. The molecule has 160 valence electrons. The van der Waals surface area contributed by atoms with Crippen LogP contribution < -0.4 is 5.32 Å². The molecular formula is C24H28BrClN2O2. The van der Waals surface area contributed by atoms with Crippen molar-refractivity contribution >= 4 is 39.3 Å². The van der Waals surface area contributed by atoms with E-state index in [9.17, 15) is 9.59 Å². The van der Waals surface area contributed by atoms with Crippen LogP contribution in [0.25, 0.3) is 0 Å². The Morgan fingerprint density at radius 2 is 1.80 bits per heavy atom. The summed E-state index contributed by atoms with van der Waals surface area (Å²) in [5.41, 5.74) is 1.82. The van der Waals surface area contributed by atoms with Crippen molar-refractivity contribution in [1.82, 2.24) is 10.2 Å². The number of hydrogen-bond acceptors (Lipinski definition) is 2. The maximum absolute atomic E-state index is 13.2. The van der Waals surface area contributed by atoms with E-state index < -0.39 is 6.04 Å². The molecule has 1 saturated carbocycles. The van der Waals surface area contributed by atoms with Gasteiger partial charge in [0.1, 0.15) is 6.04 Å². The fraction of sp³-hybridized carbons (Fsp3) is 0.417. The Labute approximate surface area is 192 Å². The topological polar surface area (TPSA) is 49.4 Å². The fourth-order valence-corrected chi connectivity index (χ4v) is 4.34. The number of nitrogens with one attached hydrogen (secondary N) is 1. The van der Waals surface area contributed by atoms with Crippen LogP contribution in [0.5, 0.6) is 0 Å². The molecule has 0 aliphatic heterocycles. The van der Waals surface area contributed by atoms with Gasteiger partial charge in [-0.15, -0.1) is 0 Å². The number of halogens is 2. The first-order chi connectivity index (χ1) is 14.4.